The summed E-state index contributed by atoms with van der Waals surface area (Å²) in [4.78, 5) is 13.4. The summed E-state index contributed by atoms with van der Waals surface area (Å²) in [6, 6.07) is 15.1. The summed E-state index contributed by atoms with van der Waals surface area (Å²) in [7, 11) is 0. The second-order valence-corrected chi connectivity index (χ2v) is 9.62. The lowest BCUT2D eigenvalue weighted by molar-refractivity contribution is -0.114. The molecule has 1 atom stereocenters. The quantitative estimate of drug-likeness (QED) is 0.525. The van der Waals surface area contributed by atoms with E-state index in [4.69, 9.17) is 0 Å². The average Bonchev–Trinajstić information content (AvgIpc) is 2.58. The van der Waals surface area contributed by atoms with Crippen molar-refractivity contribution in [2.24, 2.45) is 23.2 Å². The molecule has 1 unspecified atom stereocenters. The van der Waals surface area contributed by atoms with Crippen molar-refractivity contribution in [2.45, 2.75) is 48.7 Å². The molecule has 4 aliphatic carbocycles. The van der Waals surface area contributed by atoms with Crippen LogP contribution in [0.2, 0.25) is 0 Å². The second-order valence-electron chi connectivity index (χ2n) is 8.43. The lowest BCUT2D eigenvalue weighted by atomic mass is 9.49. The van der Waals surface area contributed by atoms with Crippen LogP contribution in [0.25, 0.3) is 10.8 Å². The Kier molecular flexibility index (Phi) is 3.52. The zero-order valence-corrected chi connectivity index (χ0v) is 14.8. The lowest BCUT2D eigenvalue weighted by Crippen LogP contribution is -2.51. The first-order chi connectivity index (χ1) is 11.8. The van der Waals surface area contributed by atoms with Gasteiger partial charge in [0.05, 0.1) is 5.25 Å². The summed E-state index contributed by atoms with van der Waals surface area (Å²) in [5.74, 6) is 2.69. The third-order valence-electron chi connectivity index (χ3n) is 6.82. The third kappa shape index (κ3) is 2.34. The normalized spacial score (nSPS) is 35.2. The first-order valence-electron chi connectivity index (χ1n) is 9.35. The van der Waals surface area contributed by atoms with Gasteiger partial charge in [0.1, 0.15) is 6.29 Å². The highest BCUT2D eigenvalue weighted by atomic mass is 32.2. The maximum Gasteiger partial charge on any atom is 0.133 e. The van der Waals surface area contributed by atoms with Crippen molar-refractivity contribution in [3.05, 3.63) is 42.5 Å². The molecule has 0 N–H and O–H groups in total. The van der Waals surface area contributed by atoms with Crippen LogP contribution in [0.5, 0.6) is 0 Å². The number of carbonyl (C=O) groups excluding carboxylic acids is 1. The predicted molar refractivity (Wildman–Crippen MR) is 100 cm³/mol. The van der Waals surface area contributed by atoms with Crippen LogP contribution in [0.4, 0.5) is 0 Å². The molecule has 2 aromatic carbocycles. The fourth-order valence-electron chi connectivity index (χ4n) is 6.26. The standard InChI is InChI=1S/C22H24OS/c23-14-21(22-11-15-8-16(12-22)10-17(9-15)13-22)24-20-7-3-5-18-4-1-2-6-19(18)20/h1-7,14-17,21H,8-13H2. The van der Waals surface area contributed by atoms with Crippen LogP contribution in [0.3, 0.4) is 0 Å². The van der Waals surface area contributed by atoms with Crippen LogP contribution in [-0.4, -0.2) is 11.5 Å². The fourth-order valence-corrected chi connectivity index (χ4v) is 7.60. The number of fused-ring (bicyclic) bond motifs is 1. The summed E-state index contributed by atoms with van der Waals surface area (Å²) in [5.41, 5.74) is 0.276. The molecule has 4 saturated carbocycles. The molecule has 0 aliphatic heterocycles. The van der Waals surface area contributed by atoms with Crippen LogP contribution in [-0.2, 0) is 4.79 Å². The number of aldehydes is 1. The highest BCUT2D eigenvalue weighted by molar-refractivity contribution is 8.00. The number of thioether (sulfide) groups is 1. The summed E-state index contributed by atoms with van der Waals surface area (Å²) in [5, 5.41) is 2.69. The molecule has 1 nitrogen and oxygen atoms in total. The Hall–Kier alpha value is -1.28. The summed E-state index contributed by atoms with van der Waals surface area (Å²) in [6.45, 7) is 0. The summed E-state index contributed by atoms with van der Waals surface area (Å²) < 4.78 is 0. The van der Waals surface area contributed by atoms with E-state index < -0.39 is 0 Å². The maximum absolute atomic E-state index is 12.1. The molecule has 4 fully saturated rings. The Labute approximate surface area is 148 Å². The minimum atomic E-state index is 0.122. The van der Waals surface area contributed by atoms with Crippen molar-refractivity contribution in [3.63, 3.8) is 0 Å². The number of benzene rings is 2. The fraction of sp³-hybridized carbons (Fsp3) is 0.500. The van der Waals surface area contributed by atoms with Gasteiger partial charge in [-0.3, -0.25) is 0 Å². The molecule has 0 saturated heterocycles. The molecule has 4 bridgehead atoms. The van der Waals surface area contributed by atoms with Crippen LogP contribution >= 0.6 is 11.8 Å². The van der Waals surface area contributed by atoms with Gasteiger partial charge in [0, 0.05) is 4.90 Å². The number of hydrogen-bond acceptors (Lipinski definition) is 2. The second kappa shape index (κ2) is 5.62. The average molecular weight is 337 g/mol. The predicted octanol–water partition coefficient (Wildman–Crippen LogP) is 5.72. The molecular weight excluding hydrogens is 312 g/mol. The monoisotopic (exact) mass is 336 g/mol. The number of carbonyl (C=O) groups is 1. The molecule has 4 aliphatic rings. The zero-order valence-electron chi connectivity index (χ0n) is 14.0. The highest BCUT2D eigenvalue weighted by Gasteiger charge is 2.54. The van der Waals surface area contributed by atoms with Gasteiger partial charge in [0.2, 0.25) is 0 Å². The molecular formula is C22H24OS. The molecule has 0 radical (unpaired) electrons. The minimum absolute atomic E-state index is 0.122. The molecule has 0 heterocycles. The van der Waals surface area contributed by atoms with E-state index in [1.165, 1.54) is 60.5 Å². The van der Waals surface area contributed by atoms with Gasteiger partial charge in [-0.25, -0.2) is 0 Å². The molecule has 6 rings (SSSR count). The van der Waals surface area contributed by atoms with Gasteiger partial charge in [-0.15, -0.1) is 11.8 Å². The van der Waals surface area contributed by atoms with Crippen molar-refractivity contribution < 1.29 is 4.79 Å². The highest BCUT2D eigenvalue weighted by Crippen LogP contribution is 2.63. The van der Waals surface area contributed by atoms with Crippen molar-refractivity contribution in [3.8, 4) is 0 Å². The van der Waals surface area contributed by atoms with Crippen molar-refractivity contribution in [2.75, 3.05) is 0 Å². The molecule has 0 spiro atoms. The lowest BCUT2D eigenvalue weighted by Gasteiger charge is -2.58. The van der Waals surface area contributed by atoms with E-state index in [2.05, 4.69) is 42.5 Å². The molecule has 0 amide bonds. The Morgan fingerprint density at radius 1 is 0.917 bits per heavy atom. The smallest absolute Gasteiger partial charge is 0.133 e. The molecule has 2 aromatic rings. The Bertz CT molecular complexity index is 740. The van der Waals surface area contributed by atoms with Crippen LogP contribution in [0, 0.1) is 23.2 Å². The third-order valence-corrected chi connectivity index (χ3v) is 8.29. The van der Waals surface area contributed by atoms with E-state index in [1.807, 2.05) is 11.8 Å². The van der Waals surface area contributed by atoms with Gasteiger partial charge in [0.25, 0.3) is 0 Å². The summed E-state index contributed by atoms with van der Waals surface area (Å²) >= 11 is 1.84. The van der Waals surface area contributed by atoms with E-state index in [0.29, 0.717) is 0 Å². The van der Waals surface area contributed by atoms with Crippen LogP contribution < -0.4 is 0 Å². The minimum Gasteiger partial charge on any atom is -0.302 e. The van der Waals surface area contributed by atoms with Gasteiger partial charge in [0.15, 0.2) is 0 Å². The van der Waals surface area contributed by atoms with E-state index in [1.54, 1.807) is 0 Å². The summed E-state index contributed by atoms with van der Waals surface area (Å²) in [6.07, 6.45) is 9.46. The largest absolute Gasteiger partial charge is 0.302 e. The van der Waals surface area contributed by atoms with Gasteiger partial charge in [-0.05, 0) is 78.5 Å². The number of rotatable bonds is 4. The topological polar surface area (TPSA) is 17.1 Å². The van der Waals surface area contributed by atoms with Crippen molar-refractivity contribution >= 4 is 28.8 Å². The van der Waals surface area contributed by atoms with Crippen molar-refractivity contribution in [1.82, 2.24) is 0 Å². The van der Waals surface area contributed by atoms with Crippen LogP contribution in [0.1, 0.15) is 38.5 Å². The van der Waals surface area contributed by atoms with Gasteiger partial charge >= 0.3 is 0 Å². The van der Waals surface area contributed by atoms with E-state index in [0.717, 1.165) is 17.8 Å². The maximum atomic E-state index is 12.1. The first-order valence-corrected chi connectivity index (χ1v) is 10.2. The first kappa shape index (κ1) is 15.0. The Morgan fingerprint density at radius 3 is 2.21 bits per heavy atom. The van der Waals surface area contributed by atoms with Crippen LogP contribution in [0.15, 0.2) is 47.4 Å². The van der Waals surface area contributed by atoms with Gasteiger partial charge in [-0.2, -0.15) is 0 Å². The van der Waals surface area contributed by atoms with Gasteiger partial charge in [-0.1, -0.05) is 36.4 Å². The SMILES string of the molecule is O=CC(Sc1cccc2ccccc12)C12CC3CC(CC(C3)C1)C2. The Morgan fingerprint density at radius 2 is 1.54 bits per heavy atom. The molecule has 24 heavy (non-hydrogen) atoms. The molecule has 0 aromatic heterocycles. The zero-order chi connectivity index (χ0) is 16.1. The van der Waals surface area contributed by atoms with E-state index >= 15 is 0 Å². The molecule has 124 valence electrons. The number of hydrogen-bond donors (Lipinski definition) is 0. The van der Waals surface area contributed by atoms with Gasteiger partial charge < -0.3 is 4.79 Å². The Balaban J connectivity index is 1.49. The van der Waals surface area contributed by atoms with E-state index in [9.17, 15) is 4.79 Å². The van der Waals surface area contributed by atoms with E-state index in [-0.39, 0.29) is 10.7 Å². The molecule has 2 heteroatoms. The van der Waals surface area contributed by atoms with Crippen molar-refractivity contribution in [1.29, 1.82) is 0 Å².